The largest absolute Gasteiger partial charge is 0.379 e. The van der Waals surface area contributed by atoms with Crippen molar-refractivity contribution in [2.24, 2.45) is 7.05 Å². The molecule has 188 valence electrons. The van der Waals surface area contributed by atoms with E-state index in [4.69, 9.17) is 4.74 Å². The van der Waals surface area contributed by atoms with E-state index in [2.05, 4.69) is 33.9 Å². The number of nitrogens with zero attached hydrogens (tertiary/aromatic N) is 6. The Balaban J connectivity index is 1.44. The molecule has 2 fully saturated rings. The predicted octanol–water partition coefficient (Wildman–Crippen LogP) is 3.58. The number of hydrogen-bond acceptors (Lipinski definition) is 6. The van der Waals surface area contributed by atoms with Crippen LogP contribution in [0, 0.1) is 5.82 Å². The van der Waals surface area contributed by atoms with Crippen LogP contribution in [0.2, 0.25) is 0 Å². The fourth-order valence-electron chi connectivity index (χ4n) is 5.64. The Bertz CT molecular complexity index is 1490. The molecule has 2 atom stereocenters. The zero-order valence-electron chi connectivity index (χ0n) is 20.9. The molecule has 0 amide bonds. The Morgan fingerprint density at radius 1 is 1.14 bits per heavy atom. The molecule has 2 aliphatic heterocycles. The molecule has 0 aliphatic carbocycles. The van der Waals surface area contributed by atoms with Gasteiger partial charge in [-0.25, -0.2) is 14.2 Å². The summed E-state index contributed by atoms with van der Waals surface area (Å²) in [5.41, 5.74) is 3.08. The molecule has 8 nitrogen and oxygen atoms in total. The third-order valence-corrected chi connectivity index (χ3v) is 7.78. The lowest BCUT2D eigenvalue weighted by molar-refractivity contribution is 0.0593. The monoisotopic (exact) mass is 490 g/mol. The predicted molar refractivity (Wildman–Crippen MR) is 139 cm³/mol. The van der Waals surface area contributed by atoms with Gasteiger partial charge in [-0.1, -0.05) is 0 Å². The first-order chi connectivity index (χ1) is 17.4. The fourth-order valence-corrected chi connectivity index (χ4v) is 5.64. The third kappa shape index (κ3) is 3.77. The summed E-state index contributed by atoms with van der Waals surface area (Å²) < 4.78 is 24.4. The highest BCUT2D eigenvalue weighted by molar-refractivity contribution is 6.04. The van der Waals surface area contributed by atoms with E-state index in [9.17, 15) is 4.79 Å². The zero-order valence-corrected chi connectivity index (χ0v) is 20.9. The molecule has 4 aromatic rings. The number of benzene rings is 1. The first-order valence-corrected chi connectivity index (χ1v) is 12.6. The minimum Gasteiger partial charge on any atom is -0.379 e. The molecule has 2 aliphatic rings. The van der Waals surface area contributed by atoms with Crippen molar-refractivity contribution in [1.29, 1.82) is 0 Å². The molecule has 2 saturated heterocycles. The molecule has 0 saturated carbocycles. The molecular formula is C27H31FN6O2. The van der Waals surface area contributed by atoms with Crippen molar-refractivity contribution in [2.75, 3.05) is 45.3 Å². The summed E-state index contributed by atoms with van der Waals surface area (Å²) in [7, 11) is 5.96. The fraction of sp³-hybridized carbons (Fsp3) is 0.444. The smallest absolute Gasteiger partial charge is 0.329 e. The lowest BCUT2D eigenvalue weighted by Crippen LogP contribution is -2.31. The second-order valence-electron chi connectivity index (χ2n) is 10.2. The van der Waals surface area contributed by atoms with E-state index in [1.54, 1.807) is 24.0 Å². The standard InChI is InChI=1S/C27H31FN6O2/c1-31(2)18-8-9-33(15-18)25-7-6-17(13-30-25)20-11-21-23(12-22(20)28)29-14-24-26(21)34(27(35)32(24)3)19-5-4-10-36-16-19/h6-7,11-14,18-19H,4-5,8-10,15-16H2,1-3H3/t18-,19+/m0/s1. The minimum atomic E-state index is -0.358. The van der Waals surface area contributed by atoms with Crippen LogP contribution in [-0.2, 0) is 11.8 Å². The Morgan fingerprint density at radius 2 is 2.00 bits per heavy atom. The summed E-state index contributed by atoms with van der Waals surface area (Å²) in [5.74, 6) is 0.547. The van der Waals surface area contributed by atoms with Gasteiger partial charge in [-0.15, -0.1) is 0 Å². The van der Waals surface area contributed by atoms with Crippen LogP contribution >= 0.6 is 0 Å². The first-order valence-electron chi connectivity index (χ1n) is 12.6. The van der Waals surface area contributed by atoms with Crippen molar-refractivity contribution in [1.82, 2.24) is 24.0 Å². The molecule has 6 rings (SSSR count). The molecule has 1 aromatic carbocycles. The van der Waals surface area contributed by atoms with Gasteiger partial charge in [-0.3, -0.25) is 14.1 Å². The Kier molecular flexibility index (Phi) is 5.76. The number of pyridine rings is 2. The minimum absolute atomic E-state index is 0.0542. The van der Waals surface area contributed by atoms with Crippen LogP contribution in [0.5, 0.6) is 0 Å². The van der Waals surface area contributed by atoms with Crippen molar-refractivity contribution >= 4 is 27.8 Å². The van der Waals surface area contributed by atoms with Gasteiger partial charge >= 0.3 is 5.69 Å². The van der Waals surface area contributed by atoms with Crippen molar-refractivity contribution in [2.45, 2.75) is 31.3 Å². The van der Waals surface area contributed by atoms with Crippen LogP contribution in [0.4, 0.5) is 10.2 Å². The van der Waals surface area contributed by atoms with Gasteiger partial charge in [0.1, 0.15) is 11.6 Å². The molecule has 3 aromatic heterocycles. The summed E-state index contributed by atoms with van der Waals surface area (Å²) in [6, 6.07) is 7.62. The molecule has 0 unspecified atom stereocenters. The second-order valence-corrected chi connectivity index (χ2v) is 10.2. The van der Waals surface area contributed by atoms with Gasteiger partial charge < -0.3 is 14.5 Å². The third-order valence-electron chi connectivity index (χ3n) is 7.78. The lowest BCUT2D eigenvalue weighted by atomic mass is 10.0. The number of rotatable bonds is 4. The van der Waals surface area contributed by atoms with Gasteiger partial charge in [-0.2, -0.15) is 0 Å². The summed E-state index contributed by atoms with van der Waals surface area (Å²) >= 11 is 0. The molecular weight excluding hydrogens is 459 g/mol. The number of ether oxygens (including phenoxy) is 1. The number of anilines is 1. The number of aryl methyl sites for hydroxylation is 1. The maximum atomic E-state index is 15.3. The van der Waals surface area contributed by atoms with Gasteiger partial charge in [0, 0.05) is 61.6 Å². The Hall–Kier alpha value is -3.30. The van der Waals surface area contributed by atoms with Crippen LogP contribution in [0.1, 0.15) is 25.3 Å². The topological polar surface area (TPSA) is 68.4 Å². The molecule has 0 N–H and O–H groups in total. The van der Waals surface area contributed by atoms with Crippen molar-refractivity contribution in [3.8, 4) is 11.1 Å². The highest BCUT2D eigenvalue weighted by atomic mass is 19.1. The van der Waals surface area contributed by atoms with Crippen LogP contribution in [0.15, 0.2) is 41.5 Å². The number of likely N-dealkylation sites (N-methyl/N-ethyl adjacent to an activating group) is 1. The zero-order chi connectivity index (χ0) is 25.0. The summed E-state index contributed by atoms with van der Waals surface area (Å²) in [5, 5.41) is 0.754. The van der Waals surface area contributed by atoms with E-state index in [1.165, 1.54) is 6.07 Å². The van der Waals surface area contributed by atoms with E-state index < -0.39 is 0 Å². The molecule has 0 bridgehead atoms. The summed E-state index contributed by atoms with van der Waals surface area (Å²) in [6.45, 7) is 3.10. The van der Waals surface area contributed by atoms with E-state index in [0.29, 0.717) is 35.9 Å². The van der Waals surface area contributed by atoms with Gasteiger partial charge in [0.25, 0.3) is 0 Å². The molecule has 5 heterocycles. The van der Waals surface area contributed by atoms with Gasteiger partial charge in [0.05, 0.1) is 35.4 Å². The van der Waals surface area contributed by atoms with Gasteiger partial charge in [0.2, 0.25) is 0 Å². The Labute approximate surface area is 208 Å². The van der Waals surface area contributed by atoms with Crippen molar-refractivity contribution in [3.63, 3.8) is 0 Å². The van der Waals surface area contributed by atoms with Crippen LogP contribution in [0.25, 0.3) is 33.1 Å². The van der Waals surface area contributed by atoms with Gasteiger partial charge in [0.15, 0.2) is 0 Å². The van der Waals surface area contributed by atoms with Crippen molar-refractivity contribution < 1.29 is 9.13 Å². The van der Waals surface area contributed by atoms with E-state index in [1.807, 2.05) is 22.8 Å². The molecule has 0 spiro atoms. The van der Waals surface area contributed by atoms with E-state index >= 15 is 4.39 Å². The van der Waals surface area contributed by atoms with E-state index in [-0.39, 0.29) is 17.5 Å². The van der Waals surface area contributed by atoms with Crippen LogP contribution in [0.3, 0.4) is 0 Å². The average Bonchev–Trinajstić information content (AvgIpc) is 3.48. The molecule has 0 radical (unpaired) electrons. The highest BCUT2D eigenvalue weighted by Crippen LogP contribution is 2.33. The number of aromatic nitrogens is 4. The normalized spacial score (nSPS) is 20.8. The second kappa shape index (κ2) is 8.97. The Morgan fingerprint density at radius 3 is 2.69 bits per heavy atom. The molecule has 36 heavy (non-hydrogen) atoms. The van der Waals surface area contributed by atoms with Crippen molar-refractivity contribution in [3.05, 3.63) is 53.0 Å². The highest BCUT2D eigenvalue weighted by Gasteiger charge is 2.26. The number of hydrogen-bond donors (Lipinski definition) is 0. The van der Waals surface area contributed by atoms with Crippen LogP contribution < -0.4 is 10.6 Å². The maximum Gasteiger partial charge on any atom is 0.329 e. The first kappa shape index (κ1) is 23.1. The summed E-state index contributed by atoms with van der Waals surface area (Å²) in [6.07, 6.45) is 6.27. The SMILES string of the molecule is CN(C)[C@H]1CCN(c2ccc(-c3cc4c(cc3F)ncc3c4n([C@@H]4CCCOC4)c(=O)n3C)cn2)C1. The maximum absolute atomic E-state index is 15.3. The van der Waals surface area contributed by atoms with E-state index in [0.717, 1.165) is 54.6 Å². The summed E-state index contributed by atoms with van der Waals surface area (Å²) in [4.78, 5) is 26.9. The number of fused-ring (bicyclic) bond motifs is 3. The van der Waals surface area contributed by atoms with Gasteiger partial charge in [-0.05, 0) is 51.6 Å². The quantitative estimate of drug-likeness (QED) is 0.436. The lowest BCUT2D eigenvalue weighted by Gasteiger charge is -2.23. The number of imidazole rings is 1. The average molecular weight is 491 g/mol. The number of halogens is 1. The molecule has 9 heteroatoms. The van der Waals surface area contributed by atoms with Crippen LogP contribution in [-0.4, -0.2) is 70.4 Å².